The van der Waals surface area contributed by atoms with Gasteiger partial charge < -0.3 is 49.6 Å². The predicted molar refractivity (Wildman–Crippen MR) is 105 cm³/mol. The molecule has 1 saturated heterocycles. The number of benzene rings is 1. The van der Waals surface area contributed by atoms with Crippen molar-refractivity contribution in [1.29, 1.82) is 0 Å². The van der Waals surface area contributed by atoms with Crippen LogP contribution in [0.15, 0.2) is 23.8 Å². The second-order valence-corrected chi connectivity index (χ2v) is 8.15. The molecular formula is C21H24O12. The highest BCUT2D eigenvalue weighted by atomic mass is 16.7. The first kappa shape index (κ1) is 23.3. The van der Waals surface area contributed by atoms with Crippen LogP contribution in [0.25, 0.3) is 0 Å². The molecule has 180 valence electrons. The lowest BCUT2D eigenvalue weighted by atomic mass is 9.90. The molecule has 33 heavy (non-hydrogen) atoms. The molecule has 12 nitrogen and oxygen atoms in total. The number of carbonyl (C=O) groups is 2. The summed E-state index contributed by atoms with van der Waals surface area (Å²) in [7, 11) is 0. The van der Waals surface area contributed by atoms with Crippen LogP contribution in [0.3, 0.4) is 0 Å². The fourth-order valence-corrected chi connectivity index (χ4v) is 4.05. The van der Waals surface area contributed by atoms with Crippen molar-refractivity contribution in [3.63, 3.8) is 0 Å². The Morgan fingerprint density at radius 1 is 1.06 bits per heavy atom. The number of aliphatic hydroxyl groups is 3. The lowest BCUT2D eigenvalue weighted by molar-refractivity contribution is -0.313. The van der Waals surface area contributed by atoms with Crippen molar-refractivity contribution in [1.82, 2.24) is 0 Å². The number of rotatable bonds is 5. The summed E-state index contributed by atoms with van der Waals surface area (Å²) in [6, 6.07) is 1.75. The zero-order valence-electron chi connectivity index (χ0n) is 17.2. The molecule has 7 unspecified atom stereocenters. The fraction of sp³-hybridized carbons (Fsp3) is 0.524. The standard InChI is InChI=1S/C21H24O12/c22-11-3-9(4-12(23)16(11)25)20(29)30-7-14-17(26)18(27)19(28)21(33-14)31-10-2-1-8-5-15(24)32-13(8)6-10/h3-5,10,13-14,17-19,21-23,25-28H,1-2,6-7H2. The van der Waals surface area contributed by atoms with E-state index in [0.717, 1.165) is 17.7 Å². The van der Waals surface area contributed by atoms with Crippen molar-refractivity contribution in [2.24, 2.45) is 0 Å². The molecule has 1 aliphatic carbocycles. The smallest absolute Gasteiger partial charge is 0.338 e. The molecule has 6 N–H and O–H groups in total. The van der Waals surface area contributed by atoms with Crippen molar-refractivity contribution in [2.45, 2.75) is 62.2 Å². The Hall–Kier alpha value is -2.90. The van der Waals surface area contributed by atoms with Gasteiger partial charge in [0.25, 0.3) is 0 Å². The Morgan fingerprint density at radius 2 is 1.76 bits per heavy atom. The van der Waals surface area contributed by atoms with Crippen LogP contribution in [0.5, 0.6) is 17.2 Å². The van der Waals surface area contributed by atoms with E-state index in [1.165, 1.54) is 6.08 Å². The molecule has 0 aromatic heterocycles. The first-order chi connectivity index (χ1) is 15.6. The highest BCUT2D eigenvalue weighted by Crippen LogP contribution is 2.36. The SMILES string of the molecule is O=C1C=C2CCC(OC3OC(COC(=O)c4cc(O)c(O)c(O)c4)C(O)C(O)C3O)CC2O1. The molecule has 12 heteroatoms. The molecule has 3 aliphatic rings. The maximum absolute atomic E-state index is 12.2. The monoisotopic (exact) mass is 468 g/mol. The third-order valence-corrected chi connectivity index (χ3v) is 5.89. The molecule has 0 amide bonds. The lowest BCUT2D eigenvalue weighted by Crippen LogP contribution is -2.60. The van der Waals surface area contributed by atoms with E-state index >= 15 is 0 Å². The number of hydrogen-bond donors (Lipinski definition) is 6. The Bertz CT molecular complexity index is 936. The van der Waals surface area contributed by atoms with Crippen molar-refractivity contribution < 1.29 is 59.2 Å². The van der Waals surface area contributed by atoms with Crippen molar-refractivity contribution in [3.8, 4) is 17.2 Å². The third kappa shape index (κ3) is 4.75. The van der Waals surface area contributed by atoms with E-state index in [9.17, 15) is 40.2 Å². The number of carbonyl (C=O) groups excluding carboxylic acids is 2. The molecule has 2 fully saturated rings. The zero-order valence-corrected chi connectivity index (χ0v) is 17.2. The molecule has 0 spiro atoms. The summed E-state index contributed by atoms with van der Waals surface area (Å²) in [5, 5.41) is 59.1. The third-order valence-electron chi connectivity index (χ3n) is 5.89. The quantitative estimate of drug-likeness (QED) is 0.233. The minimum absolute atomic E-state index is 0.279. The summed E-state index contributed by atoms with van der Waals surface area (Å²) < 4.78 is 21.6. The molecule has 2 heterocycles. The van der Waals surface area contributed by atoms with E-state index in [4.69, 9.17) is 18.9 Å². The van der Waals surface area contributed by atoms with Crippen LogP contribution in [-0.4, -0.2) is 92.1 Å². The van der Waals surface area contributed by atoms with Gasteiger partial charge in [-0.3, -0.25) is 0 Å². The maximum atomic E-state index is 12.2. The first-order valence-electron chi connectivity index (χ1n) is 10.3. The van der Waals surface area contributed by atoms with Gasteiger partial charge in [-0.1, -0.05) is 0 Å². The number of esters is 2. The number of hydrogen-bond acceptors (Lipinski definition) is 12. The summed E-state index contributed by atoms with van der Waals surface area (Å²) in [5.41, 5.74) is 0.593. The average Bonchev–Trinajstić information content (AvgIpc) is 3.15. The summed E-state index contributed by atoms with van der Waals surface area (Å²) in [5.74, 6) is -3.69. The van der Waals surface area contributed by atoms with Gasteiger partial charge in [-0.05, 0) is 30.5 Å². The van der Waals surface area contributed by atoms with E-state index in [-0.39, 0.29) is 5.56 Å². The second kappa shape index (κ2) is 9.15. The molecule has 1 saturated carbocycles. The van der Waals surface area contributed by atoms with Crippen LogP contribution in [0, 0.1) is 0 Å². The Labute approximate surface area is 187 Å². The van der Waals surface area contributed by atoms with Gasteiger partial charge in [0, 0.05) is 12.5 Å². The number of aromatic hydroxyl groups is 3. The van der Waals surface area contributed by atoms with E-state index in [2.05, 4.69) is 0 Å². The van der Waals surface area contributed by atoms with Crippen molar-refractivity contribution in [3.05, 3.63) is 29.3 Å². The second-order valence-electron chi connectivity index (χ2n) is 8.15. The predicted octanol–water partition coefficient (Wildman–Crippen LogP) is -0.811. The highest BCUT2D eigenvalue weighted by Gasteiger charge is 2.46. The fourth-order valence-electron chi connectivity index (χ4n) is 4.05. The van der Waals surface area contributed by atoms with Gasteiger partial charge in [0.1, 0.15) is 37.1 Å². The highest BCUT2D eigenvalue weighted by molar-refractivity contribution is 5.91. The van der Waals surface area contributed by atoms with Gasteiger partial charge in [0.15, 0.2) is 23.5 Å². The van der Waals surface area contributed by atoms with Gasteiger partial charge in [0.05, 0.1) is 11.7 Å². The number of aliphatic hydroxyl groups excluding tert-OH is 3. The van der Waals surface area contributed by atoms with Gasteiger partial charge in [-0.2, -0.15) is 0 Å². The summed E-state index contributed by atoms with van der Waals surface area (Å²) in [6.45, 7) is -0.552. The van der Waals surface area contributed by atoms with E-state index in [0.29, 0.717) is 19.3 Å². The van der Waals surface area contributed by atoms with Crippen LogP contribution < -0.4 is 0 Å². The van der Waals surface area contributed by atoms with E-state index in [1.54, 1.807) is 0 Å². The molecule has 4 rings (SSSR count). The molecule has 2 aliphatic heterocycles. The van der Waals surface area contributed by atoms with E-state index < -0.39 is 78.7 Å². The van der Waals surface area contributed by atoms with Crippen LogP contribution in [-0.2, 0) is 23.7 Å². The molecule has 7 atom stereocenters. The first-order valence-corrected chi connectivity index (χ1v) is 10.3. The van der Waals surface area contributed by atoms with Crippen LogP contribution in [0.1, 0.15) is 29.6 Å². The lowest BCUT2D eigenvalue weighted by Gasteiger charge is -2.42. The average molecular weight is 468 g/mol. The van der Waals surface area contributed by atoms with Gasteiger partial charge >= 0.3 is 11.9 Å². The molecule has 0 bridgehead atoms. The molecule has 0 radical (unpaired) electrons. The van der Waals surface area contributed by atoms with Gasteiger partial charge in [0.2, 0.25) is 0 Å². The molecule has 1 aromatic rings. The van der Waals surface area contributed by atoms with Gasteiger partial charge in [-0.25, -0.2) is 9.59 Å². The van der Waals surface area contributed by atoms with Crippen LogP contribution in [0.4, 0.5) is 0 Å². The number of phenols is 3. The largest absolute Gasteiger partial charge is 0.504 e. The summed E-state index contributed by atoms with van der Waals surface area (Å²) >= 11 is 0. The number of fused-ring (bicyclic) bond motifs is 1. The Kier molecular flexibility index (Phi) is 6.45. The number of ether oxygens (including phenoxy) is 4. The molecular weight excluding hydrogens is 444 g/mol. The maximum Gasteiger partial charge on any atom is 0.338 e. The Morgan fingerprint density at radius 3 is 2.45 bits per heavy atom. The summed E-state index contributed by atoms with van der Waals surface area (Å²) in [4.78, 5) is 23.7. The number of phenolic OH excluding ortho intramolecular Hbond substituents is 3. The topological polar surface area (TPSA) is 192 Å². The summed E-state index contributed by atoms with van der Waals surface area (Å²) in [6.07, 6.45) is -5.44. The van der Waals surface area contributed by atoms with Crippen molar-refractivity contribution in [2.75, 3.05) is 6.61 Å². The van der Waals surface area contributed by atoms with Gasteiger partial charge in [-0.15, -0.1) is 0 Å². The molecule has 1 aromatic carbocycles. The normalized spacial score (nSPS) is 33.7. The van der Waals surface area contributed by atoms with E-state index in [1.807, 2.05) is 0 Å². The van der Waals surface area contributed by atoms with Crippen LogP contribution in [0.2, 0.25) is 0 Å². The minimum Gasteiger partial charge on any atom is -0.504 e. The minimum atomic E-state index is -1.66. The van der Waals surface area contributed by atoms with Crippen molar-refractivity contribution >= 4 is 11.9 Å². The Balaban J connectivity index is 1.37. The zero-order chi connectivity index (χ0) is 23.9. The van der Waals surface area contributed by atoms with Crippen LogP contribution >= 0.6 is 0 Å².